The highest BCUT2D eigenvalue weighted by Gasteiger charge is 2.21. The van der Waals surface area contributed by atoms with Gasteiger partial charge in [-0.25, -0.2) is 0 Å². The van der Waals surface area contributed by atoms with Crippen molar-refractivity contribution >= 4 is 5.91 Å². The van der Waals surface area contributed by atoms with E-state index >= 15 is 0 Å². The Morgan fingerprint density at radius 2 is 1.54 bits per heavy atom. The van der Waals surface area contributed by atoms with Gasteiger partial charge in [-0.2, -0.15) is 0 Å². The maximum Gasteiger partial charge on any atom is 0.243 e. The van der Waals surface area contributed by atoms with Gasteiger partial charge in [0.2, 0.25) is 5.91 Å². The van der Waals surface area contributed by atoms with E-state index in [1.165, 1.54) is 22.8 Å². The SMILES string of the molecule is C=CC(=O)NCCCCOc1c(C(C)CC)cc(C(C)CC)cc1C(C)CC. The minimum absolute atomic E-state index is 0.111. The average molecular weight is 388 g/mol. The van der Waals surface area contributed by atoms with Crippen molar-refractivity contribution < 1.29 is 9.53 Å². The molecule has 0 aliphatic heterocycles. The fraction of sp³-hybridized carbons (Fsp3) is 0.640. The largest absolute Gasteiger partial charge is 0.493 e. The number of hydrogen-bond donors (Lipinski definition) is 1. The molecule has 1 rings (SSSR count). The Morgan fingerprint density at radius 1 is 1.00 bits per heavy atom. The highest BCUT2D eigenvalue weighted by Crippen LogP contribution is 2.40. The molecule has 0 saturated heterocycles. The summed E-state index contributed by atoms with van der Waals surface area (Å²) in [6.45, 7) is 18.5. The molecule has 158 valence electrons. The first-order valence-corrected chi connectivity index (χ1v) is 11.1. The summed E-state index contributed by atoms with van der Waals surface area (Å²) in [5, 5.41) is 2.82. The van der Waals surface area contributed by atoms with Crippen LogP contribution in [0.25, 0.3) is 0 Å². The van der Waals surface area contributed by atoms with Gasteiger partial charge in [0, 0.05) is 6.54 Å². The third-order valence-corrected chi connectivity index (χ3v) is 5.94. The number of unbranched alkanes of at least 4 members (excludes halogenated alkanes) is 1. The molecule has 28 heavy (non-hydrogen) atoms. The van der Waals surface area contributed by atoms with Crippen LogP contribution in [0.2, 0.25) is 0 Å². The number of rotatable bonds is 13. The van der Waals surface area contributed by atoms with Gasteiger partial charge in [0.05, 0.1) is 6.61 Å². The maximum absolute atomic E-state index is 11.2. The van der Waals surface area contributed by atoms with Gasteiger partial charge in [-0.05, 0) is 72.6 Å². The predicted octanol–water partition coefficient (Wildman–Crippen LogP) is 6.69. The molecule has 1 aromatic carbocycles. The molecule has 1 aromatic rings. The smallest absolute Gasteiger partial charge is 0.243 e. The second-order valence-electron chi connectivity index (χ2n) is 8.01. The van der Waals surface area contributed by atoms with Crippen molar-refractivity contribution in [2.24, 2.45) is 0 Å². The van der Waals surface area contributed by atoms with E-state index in [1.54, 1.807) is 0 Å². The summed E-state index contributed by atoms with van der Waals surface area (Å²) in [6.07, 6.45) is 6.50. The van der Waals surface area contributed by atoms with Gasteiger partial charge < -0.3 is 10.1 Å². The van der Waals surface area contributed by atoms with Gasteiger partial charge in [0.15, 0.2) is 0 Å². The van der Waals surface area contributed by atoms with Crippen LogP contribution in [0.1, 0.15) is 108 Å². The van der Waals surface area contributed by atoms with Crippen molar-refractivity contribution in [1.82, 2.24) is 5.32 Å². The molecule has 3 unspecified atom stereocenters. The second-order valence-corrected chi connectivity index (χ2v) is 8.01. The Bertz CT molecular complexity index is 592. The number of nitrogens with one attached hydrogen (secondary N) is 1. The van der Waals surface area contributed by atoms with Gasteiger partial charge in [-0.1, -0.05) is 60.3 Å². The van der Waals surface area contributed by atoms with Gasteiger partial charge >= 0.3 is 0 Å². The van der Waals surface area contributed by atoms with E-state index in [0.717, 1.165) is 37.9 Å². The lowest BCUT2D eigenvalue weighted by Gasteiger charge is -2.25. The molecule has 1 N–H and O–H groups in total. The summed E-state index contributed by atoms with van der Waals surface area (Å²) in [5.41, 5.74) is 4.15. The van der Waals surface area contributed by atoms with Crippen molar-refractivity contribution in [2.75, 3.05) is 13.2 Å². The monoisotopic (exact) mass is 387 g/mol. The fourth-order valence-corrected chi connectivity index (χ4v) is 3.24. The Balaban J connectivity index is 3.02. The van der Waals surface area contributed by atoms with E-state index in [9.17, 15) is 4.79 Å². The lowest BCUT2D eigenvalue weighted by molar-refractivity contribution is -0.116. The third-order valence-electron chi connectivity index (χ3n) is 5.94. The predicted molar refractivity (Wildman–Crippen MR) is 120 cm³/mol. The fourth-order valence-electron chi connectivity index (χ4n) is 3.24. The van der Waals surface area contributed by atoms with Gasteiger partial charge in [0.25, 0.3) is 0 Å². The molecule has 3 nitrogen and oxygen atoms in total. The van der Waals surface area contributed by atoms with Crippen molar-refractivity contribution in [3.05, 3.63) is 41.5 Å². The molecule has 0 bridgehead atoms. The zero-order chi connectivity index (χ0) is 21.1. The van der Waals surface area contributed by atoms with Crippen LogP contribution in [0.5, 0.6) is 5.75 Å². The van der Waals surface area contributed by atoms with Crippen LogP contribution in [-0.4, -0.2) is 19.1 Å². The quantitative estimate of drug-likeness (QED) is 0.302. The molecule has 3 atom stereocenters. The van der Waals surface area contributed by atoms with Crippen LogP contribution in [0.15, 0.2) is 24.8 Å². The zero-order valence-corrected chi connectivity index (χ0v) is 18.9. The summed E-state index contributed by atoms with van der Waals surface area (Å²) in [6, 6.07) is 4.77. The molecule has 0 spiro atoms. The van der Waals surface area contributed by atoms with Crippen LogP contribution in [0.4, 0.5) is 0 Å². The number of amides is 1. The first-order chi connectivity index (χ1) is 13.4. The van der Waals surface area contributed by atoms with E-state index in [0.29, 0.717) is 30.9 Å². The molecule has 0 fully saturated rings. The van der Waals surface area contributed by atoms with Crippen LogP contribution in [0.3, 0.4) is 0 Å². The van der Waals surface area contributed by atoms with Gasteiger partial charge in [-0.3, -0.25) is 4.79 Å². The lowest BCUT2D eigenvalue weighted by atomic mass is 9.85. The minimum Gasteiger partial charge on any atom is -0.493 e. The molecule has 0 aliphatic carbocycles. The number of ether oxygens (including phenoxy) is 1. The third kappa shape index (κ3) is 7.00. The van der Waals surface area contributed by atoms with Crippen LogP contribution in [-0.2, 0) is 4.79 Å². The van der Waals surface area contributed by atoms with Crippen molar-refractivity contribution in [2.45, 2.75) is 91.4 Å². The van der Waals surface area contributed by atoms with E-state index in [2.05, 4.69) is 65.6 Å². The highest BCUT2D eigenvalue weighted by molar-refractivity contribution is 5.86. The Labute approximate surface area is 173 Å². The molecule has 0 aromatic heterocycles. The maximum atomic E-state index is 11.2. The molecule has 0 radical (unpaired) electrons. The summed E-state index contributed by atoms with van der Waals surface area (Å²) in [4.78, 5) is 11.2. The van der Waals surface area contributed by atoms with Crippen LogP contribution >= 0.6 is 0 Å². The Kier molecular flexibility index (Phi) is 11.0. The van der Waals surface area contributed by atoms with E-state index in [4.69, 9.17) is 4.74 Å². The summed E-state index contributed by atoms with van der Waals surface area (Å²) in [7, 11) is 0. The molecule has 0 saturated carbocycles. The van der Waals surface area contributed by atoms with E-state index in [1.807, 2.05) is 0 Å². The number of benzene rings is 1. The second kappa shape index (κ2) is 12.6. The lowest BCUT2D eigenvalue weighted by Crippen LogP contribution is -2.22. The van der Waals surface area contributed by atoms with Gasteiger partial charge in [-0.15, -0.1) is 0 Å². The number of carbonyl (C=O) groups is 1. The van der Waals surface area contributed by atoms with Crippen molar-refractivity contribution in [3.63, 3.8) is 0 Å². The normalized spacial score (nSPS) is 14.2. The highest BCUT2D eigenvalue weighted by atomic mass is 16.5. The van der Waals surface area contributed by atoms with Crippen LogP contribution < -0.4 is 10.1 Å². The number of hydrogen-bond acceptors (Lipinski definition) is 2. The standard InChI is InChI=1S/C25H41NO2/c1-8-18(5)21-16-22(19(6)9-2)25(23(17-21)20(7)10-3)28-15-13-12-14-26-24(27)11-4/h11,16-20H,4,8-10,12-15H2,1-3,5-7H3,(H,26,27). The van der Waals surface area contributed by atoms with Crippen molar-refractivity contribution in [1.29, 1.82) is 0 Å². The molecular formula is C25H41NO2. The topological polar surface area (TPSA) is 38.3 Å². The Morgan fingerprint density at radius 3 is 2.00 bits per heavy atom. The molecular weight excluding hydrogens is 346 g/mol. The van der Waals surface area contributed by atoms with E-state index < -0.39 is 0 Å². The molecule has 3 heteroatoms. The first-order valence-electron chi connectivity index (χ1n) is 11.1. The Hall–Kier alpha value is -1.77. The zero-order valence-electron chi connectivity index (χ0n) is 18.9. The first kappa shape index (κ1) is 24.3. The summed E-state index contributed by atoms with van der Waals surface area (Å²) in [5.74, 6) is 2.51. The number of carbonyl (C=O) groups excluding carboxylic acids is 1. The average Bonchev–Trinajstić information content (AvgIpc) is 2.73. The minimum atomic E-state index is -0.111. The summed E-state index contributed by atoms with van der Waals surface area (Å²) < 4.78 is 6.38. The molecule has 1 amide bonds. The summed E-state index contributed by atoms with van der Waals surface area (Å²) >= 11 is 0. The van der Waals surface area contributed by atoms with Crippen LogP contribution in [0, 0.1) is 0 Å². The molecule has 0 heterocycles. The van der Waals surface area contributed by atoms with E-state index in [-0.39, 0.29) is 5.91 Å². The molecule has 0 aliphatic rings. The van der Waals surface area contributed by atoms with Gasteiger partial charge in [0.1, 0.15) is 5.75 Å². The van der Waals surface area contributed by atoms with Crippen molar-refractivity contribution in [3.8, 4) is 5.75 Å².